The van der Waals surface area contributed by atoms with Crippen LogP contribution in [0.4, 0.5) is 0 Å². The second-order valence-corrected chi connectivity index (χ2v) is 9.55. The third-order valence-electron chi connectivity index (χ3n) is 6.71. The Hall–Kier alpha value is -2.71. The molecule has 2 saturated heterocycles. The second kappa shape index (κ2) is 9.27. The molecule has 0 spiro atoms. The highest BCUT2D eigenvalue weighted by molar-refractivity contribution is 9.10. The number of nitrogens with one attached hydrogen (secondary N) is 1. The number of halogens is 1. The van der Waals surface area contributed by atoms with E-state index in [1.54, 1.807) is 6.07 Å². The number of methoxy groups -OCH3 is 1. The molecule has 8 heteroatoms. The Morgan fingerprint density at radius 1 is 1.18 bits per heavy atom. The molecule has 2 aromatic carbocycles. The summed E-state index contributed by atoms with van der Waals surface area (Å²) >= 11 is 3.47. The maximum atomic E-state index is 13.6. The molecule has 7 nitrogen and oxygen atoms in total. The summed E-state index contributed by atoms with van der Waals surface area (Å²) in [7, 11) is 1.53. The normalized spacial score (nSPS) is 26.5. The van der Waals surface area contributed by atoms with Crippen molar-refractivity contribution in [1.29, 1.82) is 0 Å². The smallest absolute Gasteiger partial charge is 0.325 e. The summed E-state index contributed by atoms with van der Waals surface area (Å²) in [5.74, 6) is -3.21. The lowest BCUT2D eigenvalue weighted by molar-refractivity contribution is -0.151. The van der Waals surface area contributed by atoms with E-state index < -0.39 is 35.3 Å². The van der Waals surface area contributed by atoms with Crippen molar-refractivity contribution in [2.75, 3.05) is 13.7 Å². The number of carboxylic acid groups (broad SMARTS) is 1. The van der Waals surface area contributed by atoms with Gasteiger partial charge in [0, 0.05) is 29.0 Å². The van der Waals surface area contributed by atoms with Crippen molar-refractivity contribution in [3.63, 3.8) is 0 Å². The molecule has 2 aromatic rings. The van der Waals surface area contributed by atoms with E-state index in [0.29, 0.717) is 24.3 Å². The number of hydrogen-bond acceptors (Lipinski definition) is 5. The molecule has 0 radical (unpaired) electrons. The average molecular weight is 515 g/mol. The molecule has 0 aromatic heterocycles. The van der Waals surface area contributed by atoms with Crippen LogP contribution in [-0.4, -0.2) is 47.0 Å². The topological polar surface area (TPSA) is 95.9 Å². The number of nitrogens with zero attached hydrogens (tertiary/aromatic N) is 1. The zero-order valence-corrected chi connectivity index (χ0v) is 20.2. The van der Waals surface area contributed by atoms with Crippen LogP contribution in [0.15, 0.2) is 53.0 Å². The molecule has 0 bridgehead atoms. The van der Waals surface area contributed by atoms with Crippen LogP contribution in [0.5, 0.6) is 5.75 Å². The SMILES string of the molecule is CCCCN1C(=O)C2C(c3cc(Br)ccc3OC)NC(Cc3ccccc3)(C(=O)O)C2C1=O. The van der Waals surface area contributed by atoms with E-state index in [-0.39, 0.29) is 12.3 Å². The van der Waals surface area contributed by atoms with Crippen LogP contribution >= 0.6 is 15.9 Å². The summed E-state index contributed by atoms with van der Waals surface area (Å²) in [6.45, 7) is 2.28. The van der Waals surface area contributed by atoms with Gasteiger partial charge in [-0.3, -0.25) is 24.6 Å². The highest BCUT2D eigenvalue weighted by atomic mass is 79.9. The molecular formula is C25H27BrN2O5. The summed E-state index contributed by atoms with van der Waals surface area (Å²) in [5, 5.41) is 13.7. The van der Waals surface area contributed by atoms with Crippen LogP contribution in [-0.2, 0) is 20.8 Å². The summed E-state index contributed by atoms with van der Waals surface area (Å²) in [6.07, 6.45) is 1.58. The lowest BCUT2D eigenvalue weighted by atomic mass is 9.76. The summed E-state index contributed by atoms with van der Waals surface area (Å²) in [5.41, 5.74) is -0.200. The van der Waals surface area contributed by atoms with Gasteiger partial charge in [0.25, 0.3) is 0 Å². The zero-order valence-electron chi connectivity index (χ0n) is 18.6. The lowest BCUT2D eigenvalue weighted by Gasteiger charge is -2.31. The van der Waals surface area contributed by atoms with E-state index in [0.717, 1.165) is 16.5 Å². The minimum Gasteiger partial charge on any atom is -0.496 e. The molecule has 4 unspecified atom stereocenters. The molecule has 2 N–H and O–H groups in total. The van der Waals surface area contributed by atoms with Crippen molar-refractivity contribution in [3.8, 4) is 5.75 Å². The fraction of sp³-hybridized carbons (Fsp3) is 0.400. The highest BCUT2D eigenvalue weighted by Crippen LogP contribution is 2.51. The first-order valence-electron chi connectivity index (χ1n) is 11.1. The fourth-order valence-corrected chi connectivity index (χ4v) is 5.55. The number of amides is 2. The Bertz CT molecular complexity index is 1080. The minimum absolute atomic E-state index is 0.0811. The maximum Gasteiger partial charge on any atom is 0.325 e. The van der Waals surface area contributed by atoms with Crippen LogP contribution < -0.4 is 10.1 Å². The van der Waals surface area contributed by atoms with Gasteiger partial charge in [-0.2, -0.15) is 0 Å². The third-order valence-corrected chi connectivity index (χ3v) is 7.21. The van der Waals surface area contributed by atoms with Gasteiger partial charge in [-0.25, -0.2) is 0 Å². The number of aliphatic carboxylic acids is 1. The van der Waals surface area contributed by atoms with Crippen molar-refractivity contribution in [3.05, 3.63) is 64.1 Å². The average Bonchev–Trinajstić information content (AvgIpc) is 3.27. The van der Waals surface area contributed by atoms with Gasteiger partial charge in [0.05, 0.1) is 18.9 Å². The van der Waals surface area contributed by atoms with E-state index in [4.69, 9.17) is 4.74 Å². The Kier molecular flexibility index (Phi) is 6.59. The quantitative estimate of drug-likeness (QED) is 0.522. The first kappa shape index (κ1) is 23.4. The number of imide groups is 1. The Labute approximate surface area is 201 Å². The maximum absolute atomic E-state index is 13.6. The highest BCUT2D eigenvalue weighted by Gasteiger charge is 2.68. The summed E-state index contributed by atoms with van der Waals surface area (Å²) < 4.78 is 6.31. The van der Waals surface area contributed by atoms with Crippen LogP contribution in [0.2, 0.25) is 0 Å². The van der Waals surface area contributed by atoms with Crippen molar-refractivity contribution in [2.24, 2.45) is 11.8 Å². The third kappa shape index (κ3) is 3.95. The number of fused-ring (bicyclic) bond motifs is 1. The monoisotopic (exact) mass is 514 g/mol. The molecule has 33 heavy (non-hydrogen) atoms. The van der Waals surface area contributed by atoms with Crippen LogP contribution in [0, 0.1) is 11.8 Å². The summed E-state index contributed by atoms with van der Waals surface area (Å²) in [4.78, 5) is 41.2. The molecule has 0 saturated carbocycles. The van der Waals surface area contributed by atoms with Crippen LogP contribution in [0.25, 0.3) is 0 Å². The Morgan fingerprint density at radius 2 is 1.91 bits per heavy atom. The standard InChI is InChI=1S/C25H27BrN2O5/c1-3-4-12-28-22(29)19-20(23(28)30)25(24(31)32,14-15-8-6-5-7-9-15)27-21(19)17-13-16(26)10-11-18(17)33-2/h5-11,13,19-21,27H,3-4,12,14H2,1-2H3,(H,31,32). The van der Waals surface area contributed by atoms with Crippen molar-refractivity contribution < 1.29 is 24.2 Å². The van der Waals surface area contributed by atoms with Gasteiger partial charge in [-0.15, -0.1) is 0 Å². The molecule has 0 aliphatic carbocycles. The first-order valence-corrected chi connectivity index (χ1v) is 11.9. The molecule has 2 aliphatic rings. The van der Waals surface area contributed by atoms with E-state index in [1.165, 1.54) is 12.0 Å². The number of hydrogen-bond donors (Lipinski definition) is 2. The largest absolute Gasteiger partial charge is 0.496 e. The molecule has 2 aliphatic heterocycles. The predicted molar refractivity (Wildman–Crippen MR) is 126 cm³/mol. The molecule has 4 rings (SSSR count). The van der Waals surface area contributed by atoms with E-state index in [1.807, 2.05) is 49.4 Å². The number of carbonyl (C=O) groups is 3. The van der Waals surface area contributed by atoms with Crippen molar-refractivity contribution in [1.82, 2.24) is 10.2 Å². The number of ether oxygens (including phenoxy) is 1. The van der Waals surface area contributed by atoms with Crippen LogP contribution in [0.3, 0.4) is 0 Å². The van der Waals surface area contributed by atoms with Gasteiger partial charge < -0.3 is 9.84 Å². The molecule has 174 valence electrons. The van der Waals surface area contributed by atoms with E-state index in [9.17, 15) is 19.5 Å². The van der Waals surface area contributed by atoms with Gasteiger partial charge in [-0.05, 0) is 30.2 Å². The number of carbonyl (C=O) groups excluding carboxylic acids is 2. The first-order chi connectivity index (χ1) is 15.8. The van der Waals surface area contributed by atoms with Gasteiger partial charge in [0.1, 0.15) is 11.3 Å². The number of benzene rings is 2. The fourth-order valence-electron chi connectivity index (χ4n) is 5.17. The molecule has 4 atom stereocenters. The van der Waals surface area contributed by atoms with E-state index >= 15 is 0 Å². The second-order valence-electron chi connectivity index (χ2n) is 8.63. The molecule has 2 fully saturated rings. The van der Waals surface area contributed by atoms with Crippen LogP contribution in [0.1, 0.15) is 36.9 Å². The molecular weight excluding hydrogens is 488 g/mol. The zero-order chi connectivity index (χ0) is 23.8. The van der Waals surface area contributed by atoms with E-state index in [2.05, 4.69) is 21.2 Å². The Balaban J connectivity index is 1.87. The minimum atomic E-state index is -1.63. The molecule has 2 heterocycles. The Morgan fingerprint density at radius 3 is 2.55 bits per heavy atom. The predicted octanol–water partition coefficient (Wildman–Crippen LogP) is 3.57. The van der Waals surface area contributed by atoms with Gasteiger partial charge in [0.2, 0.25) is 11.8 Å². The number of likely N-dealkylation sites (tertiary alicyclic amines) is 1. The number of carboxylic acids is 1. The molecule has 2 amide bonds. The van der Waals surface area contributed by atoms with Gasteiger partial charge in [0.15, 0.2) is 0 Å². The number of rotatable bonds is 8. The van der Waals surface area contributed by atoms with Crippen molar-refractivity contribution in [2.45, 2.75) is 37.8 Å². The van der Waals surface area contributed by atoms with Gasteiger partial charge in [-0.1, -0.05) is 59.6 Å². The van der Waals surface area contributed by atoms with Gasteiger partial charge >= 0.3 is 5.97 Å². The summed E-state index contributed by atoms with van der Waals surface area (Å²) in [6, 6.07) is 13.9. The van der Waals surface area contributed by atoms with Crippen molar-refractivity contribution >= 4 is 33.7 Å². The lowest BCUT2D eigenvalue weighted by Crippen LogP contribution is -2.57. The number of unbranched alkanes of at least 4 members (excludes halogenated alkanes) is 1.